The van der Waals surface area contributed by atoms with Crippen molar-refractivity contribution in [3.63, 3.8) is 0 Å². The number of hydrogen-bond donors (Lipinski definition) is 1. The predicted octanol–water partition coefficient (Wildman–Crippen LogP) is 0.816. The summed E-state index contributed by atoms with van der Waals surface area (Å²) in [5, 5.41) is 5.04. The molecule has 98 valence electrons. The molecule has 0 spiro atoms. The number of nitrogens with zero attached hydrogens (tertiary/aromatic N) is 1. The molecule has 18 heavy (non-hydrogen) atoms. The van der Waals surface area contributed by atoms with Gasteiger partial charge in [-0.1, -0.05) is 6.07 Å². The van der Waals surface area contributed by atoms with Crippen molar-refractivity contribution in [3.8, 4) is 0 Å². The van der Waals surface area contributed by atoms with Crippen LogP contribution in [0.1, 0.15) is 23.2 Å². The Kier molecular flexibility index (Phi) is 3.41. The van der Waals surface area contributed by atoms with E-state index in [1.807, 2.05) is 0 Å². The minimum absolute atomic E-state index is 0.0341. The van der Waals surface area contributed by atoms with E-state index >= 15 is 0 Å². The average Bonchev–Trinajstić information content (AvgIpc) is 3.11. The molecule has 2 rings (SSSR count). The Morgan fingerprint density at radius 2 is 2.11 bits per heavy atom. The molecule has 0 aliphatic heterocycles. The number of benzene rings is 1. The van der Waals surface area contributed by atoms with Crippen LogP contribution in [0.25, 0.3) is 0 Å². The maximum atomic E-state index is 12.1. The van der Waals surface area contributed by atoms with Crippen molar-refractivity contribution in [3.05, 3.63) is 29.8 Å². The molecule has 0 unspecified atom stereocenters. The van der Waals surface area contributed by atoms with Crippen molar-refractivity contribution in [1.29, 1.82) is 0 Å². The lowest BCUT2D eigenvalue weighted by molar-refractivity contribution is 0.0788. The van der Waals surface area contributed by atoms with Gasteiger partial charge in [-0.3, -0.25) is 4.79 Å². The SMILES string of the molecule is CN(CC1CC1)C(=O)c1cccc(S(N)(=O)=O)c1. The Morgan fingerprint density at radius 3 is 2.67 bits per heavy atom. The molecule has 2 N–H and O–H groups in total. The van der Waals surface area contributed by atoms with E-state index < -0.39 is 10.0 Å². The summed E-state index contributed by atoms with van der Waals surface area (Å²) in [6, 6.07) is 5.83. The standard InChI is InChI=1S/C12H16N2O3S/c1-14(8-9-5-6-9)12(15)10-3-2-4-11(7-10)18(13,16)17/h2-4,7,9H,5-6,8H2,1H3,(H2,13,16,17). The van der Waals surface area contributed by atoms with Gasteiger partial charge >= 0.3 is 0 Å². The summed E-state index contributed by atoms with van der Waals surface area (Å²) in [5.74, 6) is 0.424. The number of rotatable bonds is 4. The number of sulfonamides is 1. The number of primary sulfonamides is 1. The summed E-state index contributed by atoms with van der Waals surface area (Å²) in [6.45, 7) is 0.721. The Balaban J connectivity index is 2.19. The van der Waals surface area contributed by atoms with Crippen LogP contribution in [0.2, 0.25) is 0 Å². The first kappa shape index (κ1) is 13.0. The van der Waals surface area contributed by atoms with E-state index in [9.17, 15) is 13.2 Å². The van der Waals surface area contributed by atoms with Crippen molar-refractivity contribution < 1.29 is 13.2 Å². The second kappa shape index (κ2) is 4.70. The van der Waals surface area contributed by atoms with Gasteiger partial charge in [-0.25, -0.2) is 13.6 Å². The second-order valence-corrected chi connectivity index (χ2v) is 6.26. The fraction of sp³-hybridized carbons (Fsp3) is 0.417. The van der Waals surface area contributed by atoms with Crippen molar-refractivity contribution in [2.45, 2.75) is 17.7 Å². The van der Waals surface area contributed by atoms with Crippen LogP contribution in [0.5, 0.6) is 0 Å². The third kappa shape index (κ3) is 3.08. The van der Waals surface area contributed by atoms with E-state index in [1.165, 1.54) is 18.2 Å². The molecule has 6 heteroatoms. The number of hydrogen-bond acceptors (Lipinski definition) is 3. The van der Waals surface area contributed by atoms with Gasteiger partial charge in [0.2, 0.25) is 10.0 Å². The largest absolute Gasteiger partial charge is 0.341 e. The molecule has 1 aromatic rings. The molecule has 1 aromatic carbocycles. The highest BCUT2D eigenvalue weighted by Crippen LogP contribution is 2.29. The van der Waals surface area contributed by atoms with Gasteiger partial charge in [0.15, 0.2) is 0 Å². The first-order valence-electron chi connectivity index (χ1n) is 5.76. The fourth-order valence-corrected chi connectivity index (χ4v) is 2.36. The van der Waals surface area contributed by atoms with Crippen LogP contribution in [0.4, 0.5) is 0 Å². The van der Waals surface area contributed by atoms with E-state index in [0.717, 1.165) is 19.4 Å². The van der Waals surface area contributed by atoms with E-state index in [4.69, 9.17) is 5.14 Å². The summed E-state index contributed by atoms with van der Waals surface area (Å²) in [4.78, 5) is 13.7. The number of amides is 1. The normalized spacial score (nSPS) is 15.4. The highest BCUT2D eigenvalue weighted by molar-refractivity contribution is 7.89. The molecule has 1 amide bonds. The smallest absolute Gasteiger partial charge is 0.253 e. The lowest BCUT2D eigenvalue weighted by Crippen LogP contribution is -2.29. The van der Waals surface area contributed by atoms with Crippen LogP contribution < -0.4 is 5.14 Å². The zero-order valence-electron chi connectivity index (χ0n) is 10.2. The van der Waals surface area contributed by atoms with Crippen molar-refractivity contribution >= 4 is 15.9 Å². The number of carbonyl (C=O) groups excluding carboxylic acids is 1. The van der Waals surface area contributed by atoms with Gasteiger partial charge < -0.3 is 4.90 Å². The van der Waals surface area contributed by atoms with E-state index in [2.05, 4.69) is 0 Å². The summed E-state index contributed by atoms with van der Waals surface area (Å²) < 4.78 is 22.4. The highest BCUT2D eigenvalue weighted by atomic mass is 32.2. The van der Waals surface area contributed by atoms with Crippen LogP contribution in [-0.4, -0.2) is 32.8 Å². The van der Waals surface area contributed by atoms with Crippen molar-refractivity contribution in [1.82, 2.24) is 4.90 Å². The Labute approximate surface area is 107 Å². The molecule has 5 nitrogen and oxygen atoms in total. The van der Waals surface area contributed by atoms with Crippen molar-refractivity contribution in [2.75, 3.05) is 13.6 Å². The van der Waals surface area contributed by atoms with Gasteiger partial charge in [0.05, 0.1) is 4.90 Å². The quantitative estimate of drug-likeness (QED) is 0.877. The first-order chi connectivity index (χ1) is 8.38. The maximum absolute atomic E-state index is 12.1. The molecule has 0 aromatic heterocycles. The van der Waals surface area contributed by atoms with Crippen LogP contribution in [0.3, 0.4) is 0 Å². The van der Waals surface area contributed by atoms with Crippen LogP contribution in [-0.2, 0) is 10.0 Å². The van der Waals surface area contributed by atoms with Gasteiger partial charge in [0.25, 0.3) is 5.91 Å². The molecule has 0 saturated heterocycles. The molecule has 1 aliphatic rings. The third-order valence-corrected chi connectivity index (χ3v) is 3.90. The monoisotopic (exact) mass is 268 g/mol. The molecule has 0 heterocycles. The van der Waals surface area contributed by atoms with E-state index in [-0.39, 0.29) is 10.8 Å². The van der Waals surface area contributed by atoms with Crippen molar-refractivity contribution in [2.24, 2.45) is 11.1 Å². The molecule has 0 bridgehead atoms. The van der Waals surface area contributed by atoms with Crippen LogP contribution in [0.15, 0.2) is 29.2 Å². The Morgan fingerprint density at radius 1 is 1.44 bits per heavy atom. The average molecular weight is 268 g/mol. The molecule has 1 saturated carbocycles. The lowest BCUT2D eigenvalue weighted by atomic mass is 10.2. The summed E-state index contributed by atoms with van der Waals surface area (Å²) in [7, 11) is -2.04. The highest BCUT2D eigenvalue weighted by Gasteiger charge is 2.25. The topological polar surface area (TPSA) is 80.5 Å². The summed E-state index contributed by atoms with van der Waals surface area (Å²) in [5.41, 5.74) is 0.352. The summed E-state index contributed by atoms with van der Waals surface area (Å²) >= 11 is 0. The minimum atomic E-state index is -3.77. The van der Waals surface area contributed by atoms with Gasteiger partial charge in [-0.2, -0.15) is 0 Å². The van der Waals surface area contributed by atoms with Crippen LogP contribution >= 0.6 is 0 Å². The van der Waals surface area contributed by atoms with Gasteiger partial charge in [-0.05, 0) is 37.0 Å². The molecule has 0 atom stereocenters. The molecule has 1 fully saturated rings. The predicted molar refractivity (Wildman–Crippen MR) is 67.5 cm³/mol. The lowest BCUT2D eigenvalue weighted by Gasteiger charge is -2.17. The zero-order chi connectivity index (χ0) is 13.3. The van der Waals surface area contributed by atoms with Crippen LogP contribution in [0, 0.1) is 5.92 Å². The first-order valence-corrected chi connectivity index (χ1v) is 7.31. The van der Waals surface area contributed by atoms with E-state index in [1.54, 1.807) is 18.0 Å². The third-order valence-electron chi connectivity index (χ3n) is 2.99. The Hall–Kier alpha value is -1.40. The Bertz CT molecular complexity index is 564. The minimum Gasteiger partial charge on any atom is -0.341 e. The molecular weight excluding hydrogens is 252 g/mol. The van der Waals surface area contributed by atoms with E-state index in [0.29, 0.717) is 11.5 Å². The number of carbonyl (C=O) groups is 1. The second-order valence-electron chi connectivity index (χ2n) is 4.70. The van der Waals surface area contributed by atoms with Gasteiger partial charge in [0, 0.05) is 19.2 Å². The molecule has 0 radical (unpaired) electrons. The maximum Gasteiger partial charge on any atom is 0.253 e. The molecular formula is C12H16N2O3S. The molecule has 1 aliphatic carbocycles. The fourth-order valence-electron chi connectivity index (χ4n) is 1.80. The van der Waals surface area contributed by atoms with Gasteiger partial charge in [0.1, 0.15) is 0 Å². The zero-order valence-corrected chi connectivity index (χ0v) is 11.0. The summed E-state index contributed by atoms with van der Waals surface area (Å²) in [6.07, 6.45) is 2.32. The number of nitrogens with two attached hydrogens (primary N) is 1. The van der Waals surface area contributed by atoms with Gasteiger partial charge in [-0.15, -0.1) is 0 Å².